The van der Waals surface area contributed by atoms with Gasteiger partial charge in [0.05, 0.1) is 5.56 Å². The number of carbonyl (C=O) groups is 2. The number of aromatic nitrogens is 1. The van der Waals surface area contributed by atoms with E-state index in [1.54, 1.807) is 18.2 Å². The molecule has 6 heteroatoms. The van der Waals surface area contributed by atoms with Gasteiger partial charge in [0.25, 0.3) is 0 Å². The van der Waals surface area contributed by atoms with Crippen molar-refractivity contribution in [2.24, 2.45) is 0 Å². The summed E-state index contributed by atoms with van der Waals surface area (Å²) in [4.78, 5) is 25.7. The molecule has 19 heavy (non-hydrogen) atoms. The van der Waals surface area contributed by atoms with Crippen LogP contribution in [-0.2, 0) is 0 Å². The van der Waals surface area contributed by atoms with Gasteiger partial charge >= 0.3 is 5.97 Å². The second-order valence-corrected chi connectivity index (χ2v) is 3.94. The molecule has 0 atom stereocenters. The fraction of sp³-hybridized carbons (Fsp3) is 0. The normalized spacial score (nSPS) is 9.95. The predicted octanol–water partition coefficient (Wildman–Crippen LogP) is 3.04. The minimum absolute atomic E-state index is 0.101. The topological polar surface area (TPSA) is 76.5 Å². The number of carbonyl (C=O) groups excluding carboxylic acids is 1. The number of aromatic carboxylic acids is 1. The van der Waals surface area contributed by atoms with Crippen molar-refractivity contribution in [2.75, 3.05) is 0 Å². The summed E-state index contributed by atoms with van der Waals surface area (Å²) in [5, 5.41) is 9.13. The molecule has 1 N–H and O–H groups in total. The van der Waals surface area contributed by atoms with E-state index >= 15 is 0 Å². The number of ether oxygens (including phenoxy) is 1. The molecule has 1 heterocycles. The van der Waals surface area contributed by atoms with E-state index in [1.807, 2.05) is 0 Å². The number of carboxylic acid groups (broad SMARTS) is 1. The Morgan fingerprint density at radius 3 is 2.68 bits per heavy atom. The van der Waals surface area contributed by atoms with Gasteiger partial charge in [-0.1, -0.05) is 23.7 Å². The van der Waals surface area contributed by atoms with Gasteiger partial charge in [-0.15, -0.1) is 0 Å². The summed E-state index contributed by atoms with van der Waals surface area (Å²) in [6.07, 6.45) is 0.611. The van der Waals surface area contributed by atoms with Gasteiger partial charge in [0, 0.05) is 0 Å². The highest BCUT2D eigenvalue weighted by Crippen LogP contribution is 2.27. The van der Waals surface area contributed by atoms with Crippen molar-refractivity contribution < 1.29 is 19.4 Å². The van der Waals surface area contributed by atoms with Crippen LogP contribution in [0.25, 0.3) is 0 Å². The maximum Gasteiger partial charge on any atom is 0.341 e. The second kappa shape index (κ2) is 5.49. The molecule has 5 nitrogen and oxygen atoms in total. The minimum atomic E-state index is -1.19. The quantitative estimate of drug-likeness (QED) is 0.686. The lowest BCUT2D eigenvalue weighted by molar-refractivity contribution is 0.0693. The van der Waals surface area contributed by atoms with Crippen molar-refractivity contribution in [3.63, 3.8) is 0 Å². The Labute approximate surface area is 113 Å². The van der Waals surface area contributed by atoms with Gasteiger partial charge in [-0.05, 0) is 24.3 Å². The summed E-state index contributed by atoms with van der Waals surface area (Å²) in [6.45, 7) is 0. The standard InChI is InChI=1S/C13H8ClNO4/c14-11-6-5-9(13(17)18)12(15-11)19-10-4-2-1-3-8(10)7-16/h1-7H,(H,17,18). The summed E-state index contributed by atoms with van der Waals surface area (Å²) in [6, 6.07) is 9.05. The van der Waals surface area contributed by atoms with Crippen LogP contribution in [-0.4, -0.2) is 22.3 Å². The van der Waals surface area contributed by atoms with Crippen molar-refractivity contribution in [3.8, 4) is 11.6 Å². The lowest BCUT2D eigenvalue weighted by atomic mass is 10.2. The summed E-state index contributed by atoms with van der Waals surface area (Å²) in [7, 11) is 0. The molecule has 1 aromatic carbocycles. The summed E-state index contributed by atoms with van der Waals surface area (Å²) in [5.41, 5.74) is 0.158. The smallest absolute Gasteiger partial charge is 0.341 e. The van der Waals surface area contributed by atoms with Crippen molar-refractivity contribution in [3.05, 3.63) is 52.7 Å². The monoisotopic (exact) mass is 277 g/mol. The number of halogens is 1. The van der Waals surface area contributed by atoms with E-state index in [0.717, 1.165) is 0 Å². The van der Waals surface area contributed by atoms with Gasteiger partial charge in [0.1, 0.15) is 16.5 Å². The van der Waals surface area contributed by atoms with Crippen LogP contribution in [0.15, 0.2) is 36.4 Å². The Balaban J connectivity index is 2.45. The van der Waals surface area contributed by atoms with Crippen LogP contribution in [0.5, 0.6) is 11.6 Å². The minimum Gasteiger partial charge on any atom is -0.477 e. The van der Waals surface area contributed by atoms with E-state index in [1.165, 1.54) is 18.2 Å². The number of aldehydes is 1. The molecule has 2 rings (SSSR count). The molecule has 0 amide bonds. The molecular formula is C13H8ClNO4. The zero-order valence-electron chi connectivity index (χ0n) is 9.54. The zero-order chi connectivity index (χ0) is 13.8. The van der Waals surface area contributed by atoms with Crippen molar-refractivity contribution in [1.29, 1.82) is 0 Å². The van der Waals surface area contributed by atoms with Crippen molar-refractivity contribution in [2.45, 2.75) is 0 Å². The van der Waals surface area contributed by atoms with Gasteiger partial charge in [0.2, 0.25) is 5.88 Å². The third-order valence-corrected chi connectivity index (χ3v) is 2.52. The van der Waals surface area contributed by atoms with E-state index in [9.17, 15) is 9.59 Å². The Kier molecular flexibility index (Phi) is 3.77. The molecule has 0 aliphatic rings. The van der Waals surface area contributed by atoms with E-state index < -0.39 is 5.97 Å². The number of rotatable bonds is 4. The van der Waals surface area contributed by atoms with Gasteiger partial charge in [-0.25, -0.2) is 9.78 Å². The fourth-order valence-corrected chi connectivity index (χ4v) is 1.57. The molecule has 96 valence electrons. The first-order valence-corrected chi connectivity index (χ1v) is 5.61. The molecule has 0 unspecified atom stereocenters. The molecule has 2 aromatic rings. The maximum atomic E-state index is 11.0. The highest BCUT2D eigenvalue weighted by Gasteiger charge is 2.15. The molecule has 0 aliphatic heterocycles. The lowest BCUT2D eigenvalue weighted by Crippen LogP contribution is -2.03. The fourth-order valence-electron chi connectivity index (χ4n) is 1.43. The predicted molar refractivity (Wildman–Crippen MR) is 68.1 cm³/mol. The van der Waals surface area contributed by atoms with Gasteiger partial charge in [-0.3, -0.25) is 4.79 Å². The molecule has 1 aromatic heterocycles. The van der Waals surface area contributed by atoms with E-state index in [2.05, 4.69) is 4.98 Å². The largest absolute Gasteiger partial charge is 0.477 e. The molecule has 0 aliphatic carbocycles. The maximum absolute atomic E-state index is 11.0. The zero-order valence-corrected chi connectivity index (χ0v) is 10.3. The Morgan fingerprint density at radius 2 is 2.00 bits per heavy atom. The van der Waals surface area contributed by atoms with Gasteiger partial charge in [-0.2, -0.15) is 0 Å². The third-order valence-electron chi connectivity index (χ3n) is 2.31. The first-order chi connectivity index (χ1) is 9.11. The average Bonchev–Trinajstić information content (AvgIpc) is 2.39. The molecule has 0 bridgehead atoms. The Hall–Kier alpha value is -2.40. The molecule has 0 saturated carbocycles. The van der Waals surface area contributed by atoms with Crippen LogP contribution >= 0.6 is 11.6 Å². The summed E-state index contributed by atoms with van der Waals surface area (Å²) < 4.78 is 5.37. The second-order valence-electron chi connectivity index (χ2n) is 3.55. The summed E-state index contributed by atoms with van der Waals surface area (Å²) >= 11 is 5.71. The molecule has 0 saturated heterocycles. The SMILES string of the molecule is O=Cc1ccccc1Oc1nc(Cl)ccc1C(=O)O. The summed E-state index contributed by atoms with van der Waals surface area (Å²) in [5.74, 6) is -1.13. The molecule has 0 fully saturated rings. The van der Waals surface area contributed by atoms with Gasteiger partial charge in [0.15, 0.2) is 6.29 Å². The van der Waals surface area contributed by atoms with Crippen LogP contribution in [0.4, 0.5) is 0 Å². The van der Waals surface area contributed by atoms with Crippen LogP contribution in [0.3, 0.4) is 0 Å². The third kappa shape index (κ3) is 2.89. The van der Waals surface area contributed by atoms with E-state index in [4.69, 9.17) is 21.4 Å². The number of pyridine rings is 1. The van der Waals surface area contributed by atoms with Crippen molar-refractivity contribution in [1.82, 2.24) is 4.98 Å². The molecule has 0 spiro atoms. The van der Waals surface area contributed by atoms with Crippen LogP contribution in [0.1, 0.15) is 20.7 Å². The van der Waals surface area contributed by atoms with E-state index in [-0.39, 0.29) is 22.3 Å². The first-order valence-electron chi connectivity index (χ1n) is 5.23. The highest BCUT2D eigenvalue weighted by atomic mass is 35.5. The first kappa shape index (κ1) is 13.0. The number of hydrogen-bond donors (Lipinski definition) is 1. The molecular weight excluding hydrogens is 270 g/mol. The highest BCUT2D eigenvalue weighted by molar-refractivity contribution is 6.29. The molecule has 0 radical (unpaired) electrons. The average molecular weight is 278 g/mol. The number of hydrogen-bond acceptors (Lipinski definition) is 4. The van der Waals surface area contributed by atoms with Gasteiger partial charge < -0.3 is 9.84 Å². The number of benzene rings is 1. The van der Waals surface area contributed by atoms with Crippen LogP contribution in [0.2, 0.25) is 5.15 Å². The van der Waals surface area contributed by atoms with Crippen LogP contribution < -0.4 is 4.74 Å². The van der Waals surface area contributed by atoms with Crippen molar-refractivity contribution >= 4 is 23.9 Å². The number of nitrogens with zero attached hydrogens (tertiary/aromatic N) is 1. The Bertz CT molecular complexity index is 642. The Morgan fingerprint density at radius 1 is 1.26 bits per heavy atom. The lowest BCUT2D eigenvalue weighted by Gasteiger charge is -2.09. The number of carboxylic acids is 1. The van der Waals surface area contributed by atoms with E-state index in [0.29, 0.717) is 11.8 Å². The number of para-hydroxylation sites is 1. The van der Waals surface area contributed by atoms with Crippen LogP contribution in [0, 0.1) is 0 Å².